The molecule has 0 aliphatic rings. The molecule has 0 N–H and O–H groups in total. The molecule has 0 amide bonds. The monoisotopic (exact) mass is 388 g/mol. The molecule has 0 heterocycles. The highest BCUT2D eigenvalue weighted by atomic mass is 16.4. The van der Waals surface area contributed by atoms with Crippen molar-refractivity contribution < 1.29 is 19.8 Å². The average molecular weight is 389 g/mol. The quantitative estimate of drug-likeness (QED) is 0.547. The fraction of sp³-hybridized carbons (Fsp3) is 0.667. The van der Waals surface area contributed by atoms with Gasteiger partial charge in [0.15, 0.2) is 0 Å². The van der Waals surface area contributed by atoms with Crippen molar-refractivity contribution >= 4 is 11.9 Å². The van der Waals surface area contributed by atoms with Crippen LogP contribution in [-0.2, 0) is 12.8 Å². The van der Waals surface area contributed by atoms with E-state index in [1.54, 1.807) is 6.07 Å². The second-order valence-corrected chi connectivity index (χ2v) is 8.92. The molecule has 2 unspecified atom stereocenters. The molecule has 0 aliphatic carbocycles. The summed E-state index contributed by atoms with van der Waals surface area (Å²) in [7, 11) is 0. The standard InChI is InChI=1S/C24H38O4/c1-7-17(11-15(3)4)13-19-9-10-20(23(25)26)22(24(27)28)21(19)14-18(8-2)12-16(5)6/h9-10,15-18H,7-8,11-14H2,1-6H3,(H,25,26)(H,27,28)/p-2. The Kier molecular flexibility index (Phi) is 9.71. The van der Waals surface area contributed by atoms with Crippen molar-refractivity contribution in [2.45, 2.75) is 80.1 Å². The largest absolute Gasteiger partial charge is 0.545 e. The number of benzene rings is 1. The van der Waals surface area contributed by atoms with Crippen LogP contribution >= 0.6 is 0 Å². The molecule has 4 heteroatoms. The molecular weight excluding hydrogens is 352 g/mol. The van der Waals surface area contributed by atoms with E-state index in [0.29, 0.717) is 35.7 Å². The molecule has 158 valence electrons. The van der Waals surface area contributed by atoms with Gasteiger partial charge in [-0.3, -0.25) is 0 Å². The summed E-state index contributed by atoms with van der Waals surface area (Å²) in [6.45, 7) is 12.9. The molecule has 0 spiro atoms. The Morgan fingerprint density at radius 3 is 1.71 bits per heavy atom. The van der Waals surface area contributed by atoms with Crippen LogP contribution in [0.25, 0.3) is 0 Å². The first-order valence-corrected chi connectivity index (χ1v) is 10.7. The first-order valence-electron chi connectivity index (χ1n) is 10.7. The summed E-state index contributed by atoms with van der Waals surface area (Å²) in [6.07, 6.45) is 5.28. The second kappa shape index (κ2) is 11.2. The number of carboxylic acids is 2. The molecular formula is C24H36O4-2. The number of carbonyl (C=O) groups is 2. The highest BCUT2D eigenvalue weighted by Crippen LogP contribution is 2.30. The first-order chi connectivity index (χ1) is 13.1. The maximum absolute atomic E-state index is 11.9. The van der Waals surface area contributed by atoms with Gasteiger partial charge in [0.05, 0.1) is 11.9 Å². The molecule has 0 fully saturated rings. The van der Waals surface area contributed by atoms with Gasteiger partial charge in [0.2, 0.25) is 0 Å². The van der Waals surface area contributed by atoms with E-state index in [4.69, 9.17) is 0 Å². The Morgan fingerprint density at radius 1 is 0.821 bits per heavy atom. The maximum atomic E-state index is 11.9. The minimum atomic E-state index is -1.46. The van der Waals surface area contributed by atoms with Crippen LogP contribution in [0, 0.1) is 23.7 Å². The summed E-state index contributed by atoms with van der Waals surface area (Å²) >= 11 is 0. The number of rotatable bonds is 12. The van der Waals surface area contributed by atoms with Gasteiger partial charge >= 0.3 is 0 Å². The van der Waals surface area contributed by atoms with E-state index in [0.717, 1.165) is 37.7 Å². The summed E-state index contributed by atoms with van der Waals surface area (Å²) in [6, 6.07) is 3.17. The summed E-state index contributed by atoms with van der Waals surface area (Å²) in [5.41, 5.74) is 1.13. The van der Waals surface area contributed by atoms with Crippen molar-refractivity contribution in [1.82, 2.24) is 0 Å². The van der Waals surface area contributed by atoms with E-state index >= 15 is 0 Å². The van der Waals surface area contributed by atoms with Crippen LogP contribution in [-0.4, -0.2) is 11.9 Å². The number of hydrogen-bond donors (Lipinski definition) is 0. The Balaban J connectivity index is 3.46. The highest BCUT2D eigenvalue weighted by molar-refractivity contribution is 6.01. The fourth-order valence-corrected chi connectivity index (χ4v) is 4.24. The third-order valence-corrected chi connectivity index (χ3v) is 5.60. The smallest absolute Gasteiger partial charge is 0.0724 e. The number of carbonyl (C=O) groups excluding carboxylic acids is 2. The Hall–Kier alpha value is -1.84. The Labute approximate surface area is 170 Å². The topological polar surface area (TPSA) is 80.3 Å². The third kappa shape index (κ3) is 6.96. The van der Waals surface area contributed by atoms with Gasteiger partial charge in [-0.2, -0.15) is 0 Å². The maximum Gasteiger partial charge on any atom is 0.0724 e. The molecule has 0 aliphatic heterocycles. The zero-order valence-corrected chi connectivity index (χ0v) is 18.3. The van der Waals surface area contributed by atoms with Gasteiger partial charge in [-0.15, -0.1) is 0 Å². The normalized spacial score (nSPS) is 13.7. The number of carboxylic acid groups (broad SMARTS) is 2. The lowest BCUT2D eigenvalue weighted by molar-refractivity contribution is -0.259. The summed E-state index contributed by atoms with van der Waals surface area (Å²) in [4.78, 5) is 23.5. The Bertz CT molecular complexity index is 661. The van der Waals surface area contributed by atoms with E-state index in [9.17, 15) is 19.8 Å². The minimum absolute atomic E-state index is 0.181. The van der Waals surface area contributed by atoms with Gasteiger partial charge < -0.3 is 19.8 Å². The van der Waals surface area contributed by atoms with Gasteiger partial charge in [-0.1, -0.05) is 66.5 Å². The lowest BCUT2D eigenvalue weighted by Crippen LogP contribution is -2.32. The zero-order chi connectivity index (χ0) is 21.4. The molecule has 0 radical (unpaired) electrons. The van der Waals surface area contributed by atoms with Crippen LogP contribution in [0.2, 0.25) is 0 Å². The van der Waals surface area contributed by atoms with Crippen LogP contribution in [0.4, 0.5) is 0 Å². The predicted octanol–water partition coefficient (Wildman–Crippen LogP) is 3.64. The van der Waals surface area contributed by atoms with Gasteiger partial charge in [0.25, 0.3) is 0 Å². The van der Waals surface area contributed by atoms with Crippen molar-refractivity contribution in [2.75, 3.05) is 0 Å². The molecule has 4 nitrogen and oxygen atoms in total. The molecule has 1 rings (SSSR count). The van der Waals surface area contributed by atoms with Crippen LogP contribution in [0.3, 0.4) is 0 Å². The van der Waals surface area contributed by atoms with Crippen molar-refractivity contribution in [2.24, 2.45) is 23.7 Å². The van der Waals surface area contributed by atoms with Gasteiger partial charge in [-0.05, 0) is 60.5 Å². The van der Waals surface area contributed by atoms with Crippen LogP contribution in [0.1, 0.15) is 99.1 Å². The zero-order valence-electron chi connectivity index (χ0n) is 18.3. The first kappa shape index (κ1) is 24.2. The van der Waals surface area contributed by atoms with E-state index in [2.05, 4.69) is 41.5 Å². The summed E-state index contributed by atoms with van der Waals surface area (Å²) in [5, 5.41) is 23.5. The second-order valence-electron chi connectivity index (χ2n) is 8.92. The molecule has 1 aromatic carbocycles. The van der Waals surface area contributed by atoms with E-state index in [1.807, 2.05) is 0 Å². The van der Waals surface area contributed by atoms with E-state index in [1.165, 1.54) is 6.07 Å². The average Bonchev–Trinajstić information content (AvgIpc) is 2.59. The molecule has 0 saturated carbocycles. The summed E-state index contributed by atoms with van der Waals surface area (Å²) < 4.78 is 0. The summed E-state index contributed by atoms with van der Waals surface area (Å²) in [5.74, 6) is -1.09. The highest BCUT2D eigenvalue weighted by Gasteiger charge is 2.21. The van der Waals surface area contributed by atoms with Crippen molar-refractivity contribution in [3.63, 3.8) is 0 Å². The minimum Gasteiger partial charge on any atom is -0.545 e. The molecule has 2 atom stereocenters. The number of hydrogen-bond acceptors (Lipinski definition) is 4. The van der Waals surface area contributed by atoms with Crippen LogP contribution in [0.15, 0.2) is 12.1 Å². The SMILES string of the molecule is CCC(Cc1ccc(C(=O)[O-])c(C(=O)[O-])c1CC(CC)CC(C)C)CC(C)C. The molecule has 0 saturated heterocycles. The molecule has 28 heavy (non-hydrogen) atoms. The van der Waals surface area contributed by atoms with Crippen molar-refractivity contribution in [3.8, 4) is 0 Å². The third-order valence-electron chi connectivity index (χ3n) is 5.60. The van der Waals surface area contributed by atoms with Gasteiger partial charge in [0.1, 0.15) is 0 Å². The lowest BCUT2D eigenvalue weighted by atomic mass is 9.80. The Morgan fingerprint density at radius 2 is 1.32 bits per heavy atom. The van der Waals surface area contributed by atoms with Gasteiger partial charge in [-0.25, -0.2) is 0 Å². The van der Waals surface area contributed by atoms with E-state index < -0.39 is 11.9 Å². The molecule has 1 aromatic rings. The van der Waals surface area contributed by atoms with Gasteiger partial charge in [0, 0.05) is 11.1 Å². The number of aromatic carboxylic acids is 2. The predicted molar refractivity (Wildman–Crippen MR) is 109 cm³/mol. The van der Waals surface area contributed by atoms with Crippen LogP contribution < -0.4 is 10.2 Å². The van der Waals surface area contributed by atoms with Crippen molar-refractivity contribution in [3.05, 3.63) is 34.4 Å². The molecule has 0 aromatic heterocycles. The fourth-order valence-electron chi connectivity index (χ4n) is 4.24. The van der Waals surface area contributed by atoms with Crippen molar-refractivity contribution in [1.29, 1.82) is 0 Å². The van der Waals surface area contributed by atoms with Crippen LogP contribution in [0.5, 0.6) is 0 Å². The van der Waals surface area contributed by atoms with E-state index in [-0.39, 0.29) is 11.1 Å². The lowest BCUT2D eigenvalue weighted by Gasteiger charge is -2.26. The molecule has 0 bridgehead atoms.